The van der Waals surface area contributed by atoms with E-state index in [9.17, 15) is 43.2 Å². The summed E-state index contributed by atoms with van der Waals surface area (Å²) >= 11 is 0. The highest BCUT2D eigenvalue weighted by Crippen LogP contribution is 2.45. The fourth-order valence-corrected chi connectivity index (χ4v) is 13.5. The maximum absolute atomic E-state index is 13.1. The molecule has 0 amide bonds. The summed E-state index contributed by atoms with van der Waals surface area (Å²) in [4.78, 5) is 72.9. The molecule has 0 bridgehead atoms. The van der Waals surface area contributed by atoms with E-state index in [1.165, 1.54) is 193 Å². The van der Waals surface area contributed by atoms with Gasteiger partial charge < -0.3 is 33.8 Å². The van der Waals surface area contributed by atoms with Crippen molar-refractivity contribution in [1.82, 2.24) is 0 Å². The highest BCUT2D eigenvalue weighted by Gasteiger charge is 2.30. The molecule has 3 N–H and O–H groups in total. The molecule has 0 aliphatic heterocycles. The SMILES string of the molecule is CC(C)CCCCCCCCCCCCCCCCC(=O)OC[C@H](COP(=O)(O)OC[C@@H](O)COP(=O)(O)OC[C@@H](COC(=O)CCCCCCCCC(C)C)OC(=O)CCCCCCCCCCCCCCCC(C)C)OC(=O)CCCCCCCCCCCCCCC(C)C. The number of phosphoric ester groups is 2. The third-order valence-corrected chi connectivity index (χ3v) is 20.0. The second-order valence-electron chi connectivity index (χ2n) is 30.0. The zero-order valence-electron chi connectivity index (χ0n) is 63.7. The lowest BCUT2D eigenvalue weighted by Gasteiger charge is -2.21. The lowest BCUT2D eigenvalue weighted by atomic mass is 10.0. The number of phosphoric acid groups is 2. The molecule has 0 rings (SSSR count). The quantitative estimate of drug-likeness (QED) is 0.0222. The number of unbranched alkanes of at least 4 members (excludes halogenated alkanes) is 41. The van der Waals surface area contributed by atoms with Gasteiger partial charge in [-0.1, -0.05) is 344 Å². The van der Waals surface area contributed by atoms with Crippen LogP contribution in [0.2, 0.25) is 0 Å². The van der Waals surface area contributed by atoms with E-state index in [2.05, 4.69) is 55.4 Å². The van der Waals surface area contributed by atoms with Crippen molar-refractivity contribution >= 4 is 39.5 Å². The van der Waals surface area contributed by atoms with Gasteiger partial charge in [-0.15, -0.1) is 0 Å². The zero-order valence-corrected chi connectivity index (χ0v) is 65.5. The zero-order chi connectivity index (χ0) is 71.7. The van der Waals surface area contributed by atoms with Gasteiger partial charge in [-0.25, -0.2) is 9.13 Å². The minimum atomic E-state index is -4.96. The van der Waals surface area contributed by atoms with Crippen LogP contribution in [0.3, 0.4) is 0 Å². The van der Waals surface area contributed by atoms with Crippen molar-refractivity contribution in [3.63, 3.8) is 0 Å². The first kappa shape index (κ1) is 95.1. The first-order chi connectivity index (χ1) is 46.6. The van der Waals surface area contributed by atoms with Gasteiger partial charge in [-0.3, -0.25) is 37.3 Å². The molecular formula is C78H152O17P2. The Morgan fingerprint density at radius 1 is 0.258 bits per heavy atom. The summed E-state index contributed by atoms with van der Waals surface area (Å²) in [6.45, 7) is 14.2. The van der Waals surface area contributed by atoms with E-state index >= 15 is 0 Å². The van der Waals surface area contributed by atoms with Crippen LogP contribution < -0.4 is 0 Å². The highest BCUT2D eigenvalue weighted by molar-refractivity contribution is 7.47. The number of rotatable bonds is 75. The summed E-state index contributed by atoms with van der Waals surface area (Å²) in [7, 11) is -9.92. The van der Waals surface area contributed by atoms with Crippen LogP contribution in [0.25, 0.3) is 0 Å². The molecule has 0 heterocycles. The monoisotopic (exact) mass is 1420 g/mol. The number of aliphatic hydroxyl groups excluding tert-OH is 1. The molecule has 19 heteroatoms. The standard InChI is InChI=1S/C78H152O17P2/c1-68(2)54-46-38-30-24-18-12-9-10-14-21-27-33-42-50-58-75(80)88-64-73(94-77(82)61-53-45-35-29-23-17-16-20-26-32-40-48-56-70(5)6)66-92-96(84,85)90-62-72(79)63-91-97(86,87)93-67-74(65-89-76(81)59-51-43-37-36-41-49-57-71(7)8)95-78(83)60-52-44-34-28-22-15-11-13-19-25-31-39-47-55-69(3)4/h68-74,79H,9-67H2,1-8H3,(H,84,85)(H,86,87)/t72-,73-,74-/m1/s1. The summed E-state index contributed by atoms with van der Waals surface area (Å²) in [5, 5.41) is 10.6. The average molecular weight is 1420 g/mol. The van der Waals surface area contributed by atoms with Crippen molar-refractivity contribution in [2.24, 2.45) is 23.7 Å². The van der Waals surface area contributed by atoms with Gasteiger partial charge in [0.15, 0.2) is 12.2 Å². The molecule has 0 aromatic heterocycles. The van der Waals surface area contributed by atoms with Gasteiger partial charge >= 0.3 is 39.5 Å². The third kappa shape index (κ3) is 72.2. The van der Waals surface area contributed by atoms with Crippen LogP contribution in [0, 0.1) is 23.7 Å². The molecule has 0 saturated heterocycles. The summed E-state index contributed by atoms with van der Waals surface area (Å²) in [5.74, 6) is 0.923. The predicted octanol–water partition coefficient (Wildman–Crippen LogP) is 22.8. The molecule has 5 atom stereocenters. The van der Waals surface area contributed by atoms with Gasteiger partial charge in [0.2, 0.25) is 0 Å². The Balaban J connectivity index is 5.23. The molecule has 17 nitrogen and oxygen atoms in total. The molecular weight excluding hydrogens is 1270 g/mol. The molecule has 0 aliphatic carbocycles. The van der Waals surface area contributed by atoms with E-state index in [-0.39, 0.29) is 25.7 Å². The molecule has 0 aromatic carbocycles. The normalized spacial score (nSPS) is 14.1. The van der Waals surface area contributed by atoms with Crippen molar-refractivity contribution in [1.29, 1.82) is 0 Å². The van der Waals surface area contributed by atoms with E-state index < -0.39 is 97.5 Å². The Kier molecular flexibility index (Phi) is 65.9. The average Bonchev–Trinajstić information content (AvgIpc) is 1.64. The van der Waals surface area contributed by atoms with E-state index in [4.69, 9.17) is 37.0 Å². The summed E-state index contributed by atoms with van der Waals surface area (Å²) in [5.41, 5.74) is 0. The Hall–Kier alpha value is -1.94. The third-order valence-electron chi connectivity index (χ3n) is 18.1. The molecule has 0 aliphatic rings. The molecule has 0 fully saturated rings. The van der Waals surface area contributed by atoms with Gasteiger partial charge in [-0.05, 0) is 49.4 Å². The fraction of sp³-hybridized carbons (Fsp3) is 0.949. The van der Waals surface area contributed by atoms with Crippen molar-refractivity contribution in [3.05, 3.63) is 0 Å². The van der Waals surface area contributed by atoms with Crippen LogP contribution in [-0.4, -0.2) is 96.7 Å². The number of hydrogen-bond donors (Lipinski definition) is 3. The van der Waals surface area contributed by atoms with Crippen LogP contribution >= 0.6 is 15.6 Å². The van der Waals surface area contributed by atoms with Gasteiger partial charge in [0, 0.05) is 25.7 Å². The minimum absolute atomic E-state index is 0.106. The molecule has 0 saturated carbocycles. The van der Waals surface area contributed by atoms with Gasteiger partial charge in [0.1, 0.15) is 19.3 Å². The molecule has 97 heavy (non-hydrogen) atoms. The lowest BCUT2D eigenvalue weighted by Crippen LogP contribution is -2.30. The van der Waals surface area contributed by atoms with Crippen molar-refractivity contribution in [2.75, 3.05) is 39.6 Å². The molecule has 2 unspecified atom stereocenters. The smallest absolute Gasteiger partial charge is 0.462 e. The van der Waals surface area contributed by atoms with Crippen molar-refractivity contribution in [3.8, 4) is 0 Å². The van der Waals surface area contributed by atoms with E-state index in [0.717, 1.165) is 114 Å². The molecule has 0 aromatic rings. The Bertz CT molecular complexity index is 1900. The van der Waals surface area contributed by atoms with E-state index in [0.29, 0.717) is 31.6 Å². The number of carbonyl (C=O) groups is 4. The maximum Gasteiger partial charge on any atom is 0.472 e. The van der Waals surface area contributed by atoms with Crippen molar-refractivity contribution < 1.29 is 80.2 Å². The summed E-state index contributed by atoms with van der Waals surface area (Å²) in [6, 6.07) is 0. The molecule has 0 radical (unpaired) electrons. The number of hydrogen-bond acceptors (Lipinski definition) is 15. The first-order valence-electron chi connectivity index (χ1n) is 40.2. The van der Waals surface area contributed by atoms with E-state index in [1.54, 1.807) is 0 Å². The number of esters is 4. The second-order valence-corrected chi connectivity index (χ2v) is 32.9. The van der Waals surface area contributed by atoms with E-state index in [1.807, 2.05) is 0 Å². The second kappa shape index (κ2) is 67.2. The summed E-state index contributed by atoms with van der Waals surface area (Å²) < 4.78 is 68.6. The Morgan fingerprint density at radius 2 is 0.433 bits per heavy atom. The maximum atomic E-state index is 13.1. The van der Waals surface area contributed by atoms with Crippen LogP contribution in [0.1, 0.15) is 396 Å². The Morgan fingerprint density at radius 3 is 0.639 bits per heavy atom. The molecule has 576 valence electrons. The van der Waals surface area contributed by atoms with Gasteiger partial charge in [0.25, 0.3) is 0 Å². The number of carbonyl (C=O) groups excluding carboxylic acids is 4. The summed E-state index contributed by atoms with van der Waals surface area (Å²) in [6.07, 6.45) is 52.8. The minimum Gasteiger partial charge on any atom is -0.462 e. The van der Waals surface area contributed by atoms with Crippen LogP contribution in [0.5, 0.6) is 0 Å². The first-order valence-corrected chi connectivity index (χ1v) is 43.2. The van der Waals surface area contributed by atoms with Gasteiger partial charge in [0.05, 0.1) is 26.4 Å². The number of aliphatic hydroxyl groups is 1. The topological polar surface area (TPSA) is 237 Å². The number of ether oxygens (including phenoxy) is 4. The predicted molar refractivity (Wildman–Crippen MR) is 395 cm³/mol. The fourth-order valence-electron chi connectivity index (χ4n) is 11.9. The van der Waals surface area contributed by atoms with Crippen LogP contribution in [0.4, 0.5) is 0 Å². The highest BCUT2D eigenvalue weighted by atomic mass is 31.2. The lowest BCUT2D eigenvalue weighted by molar-refractivity contribution is -0.161. The van der Waals surface area contributed by atoms with Crippen molar-refractivity contribution in [2.45, 2.75) is 414 Å². The van der Waals surface area contributed by atoms with Crippen LogP contribution in [0.15, 0.2) is 0 Å². The van der Waals surface area contributed by atoms with Crippen LogP contribution in [-0.2, 0) is 65.4 Å². The van der Waals surface area contributed by atoms with Gasteiger partial charge in [-0.2, -0.15) is 0 Å². The Labute approximate surface area is 594 Å². The largest absolute Gasteiger partial charge is 0.472 e. The molecule has 0 spiro atoms.